The van der Waals surface area contributed by atoms with Gasteiger partial charge in [-0.15, -0.1) is 0 Å². The highest BCUT2D eigenvalue weighted by atomic mass is 16.7. The number of carbonyl (C=O) groups excluding carboxylic acids is 1. The number of aliphatic hydroxyl groups is 2. The van der Waals surface area contributed by atoms with Crippen LogP contribution < -0.4 is 0 Å². The zero-order valence-corrected chi connectivity index (χ0v) is 16.6. The van der Waals surface area contributed by atoms with Crippen LogP contribution in [0.3, 0.4) is 0 Å². The van der Waals surface area contributed by atoms with Crippen molar-refractivity contribution < 1.29 is 48.2 Å². The number of carbonyl (C=O) groups is 1. The van der Waals surface area contributed by atoms with Crippen molar-refractivity contribution in [2.24, 2.45) is 0 Å². The standard InChI is InChI=1S/C12H26O7.C5H10O3/c13-1-3-15-5-7-17-9-11-19-12-10-18-8-6-16-4-2-14;1-3-7-5(6)8-4-2/h13-14H,1-12H2;3-4H2,1-2H3. The van der Waals surface area contributed by atoms with Gasteiger partial charge in [0.05, 0.1) is 92.5 Å². The number of ether oxygens (including phenoxy) is 7. The minimum absolute atomic E-state index is 0.0359. The highest BCUT2D eigenvalue weighted by molar-refractivity contribution is 5.59. The fraction of sp³-hybridized carbons (Fsp3) is 0.941. The van der Waals surface area contributed by atoms with E-state index in [0.717, 1.165) is 0 Å². The molecule has 0 aromatic carbocycles. The van der Waals surface area contributed by atoms with Crippen molar-refractivity contribution in [1.29, 1.82) is 0 Å². The van der Waals surface area contributed by atoms with Gasteiger partial charge in [-0.05, 0) is 13.8 Å². The van der Waals surface area contributed by atoms with E-state index in [-0.39, 0.29) is 13.2 Å². The lowest BCUT2D eigenvalue weighted by Crippen LogP contribution is -2.14. The van der Waals surface area contributed by atoms with Gasteiger partial charge < -0.3 is 43.4 Å². The Morgan fingerprint density at radius 2 is 0.815 bits per heavy atom. The first-order chi connectivity index (χ1) is 13.2. The van der Waals surface area contributed by atoms with E-state index in [1.165, 1.54) is 0 Å². The Kier molecular flexibility index (Phi) is 28.4. The molecule has 27 heavy (non-hydrogen) atoms. The molecular weight excluding hydrogens is 364 g/mol. The Balaban J connectivity index is 0. The lowest BCUT2D eigenvalue weighted by atomic mass is 10.7. The average molecular weight is 400 g/mol. The van der Waals surface area contributed by atoms with Crippen LogP contribution >= 0.6 is 0 Å². The predicted molar refractivity (Wildman–Crippen MR) is 96.9 cm³/mol. The van der Waals surface area contributed by atoms with Crippen LogP contribution in [0.15, 0.2) is 0 Å². The van der Waals surface area contributed by atoms with Crippen molar-refractivity contribution in [3.05, 3.63) is 0 Å². The van der Waals surface area contributed by atoms with Crippen LogP contribution in [0.1, 0.15) is 13.8 Å². The fourth-order valence-corrected chi connectivity index (χ4v) is 1.39. The number of rotatable bonds is 18. The molecule has 0 unspecified atom stereocenters. The number of aliphatic hydroxyl groups excluding tert-OH is 2. The van der Waals surface area contributed by atoms with E-state index in [2.05, 4.69) is 9.47 Å². The molecule has 0 saturated carbocycles. The molecule has 0 heterocycles. The van der Waals surface area contributed by atoms with Crippen LogP contribution in [0.25, 0.3) is 0 Å². The first-order valence-corrected chi connectivity index (χ1v) is 9.12. The molecule has 10 nitrogen and oxygen atoms in total. The van der Waals surface area contributed by atoms with E-state index in [0.29, 0.717) is 79.3 Å². The van der Waals surface area contributed by atoms with Crippen LogP contribution in [0.5, 0.6) is 0 Å². The Labute approximate surface area is 161 Å². The molecule has 0 bridgehead atoms. The highest BCUT2D eigenvalue weighted by Crippen LogP contribution is 1.84. The van der Waals surface area contributed by atoms with Crippen LogP contribution in [-0.2, 0) is 33.2 Å². The molecule has 0 aliphatic rings. The van der Waals surface area contributed by atoms with Crippen LogP contribution in [-0.4, -0.2) is 109 Å². The van der Waals surface area contributed by atoms with Crippen molar-refractivity contribution in [2.75, 3.05) is 92.5 Å². The number of hydrogen-bond donors (Lipinski definition) is 2. The van der Waals surface area contributed by atoms with Gasteiger partial charge in [-0.3, -0.25) is 0 Å². The maximum absolute atomic E-state index is 10.2. The minimum atomic E-state index is -0.588. The van der Waals surface area contributed by atoms with E-state index in [4.69, 9.17) is 33.9 Å². The Morgan fingerprint density at radius 1 is 0.556 bits per heavy atom. The zero-order valence-electron chi connectivity index (χ0n) is 16.6. The third-order valence-corrected chi connectivity index (χ3v) is 2.48. The summed E-state index contributed by atoms with van der Waals surface area (Å²) in [5, 5.41) is 16.9. The summed E-state index contributed by atoms with van der Waals surface area (Å²) in [6.07, 6.45) is -0.588. The Hall–Kier alpha value is -1.01. The molecule has 10 heteroatoms. The molecule has 0 spiro atoms. The molecule has 0 aliphatic carbocycles. The summed E-state index contributed by atoms with van der Waals surface area (Å²) in [4.78, 5) is 10.2. The van der Waals surface area contributed by atoms with E-state index >= 15 is 0 Å². The first kappa shape index (κ1) is 28.2. The van der Waals surface area contributed by atoms with Crippen LogP contribution in [0.4, 0.5) is 4.79 Å². The summed E-state index contributed by atoms with van der Waals surface area (Å²) < 4.78 is 34.6. The van der Waals surface area contributed by atoms with E-state index in [1.807, 2.05) is 0 Å². The average Bonchev–Trinajstić information content (AvgIpc) is 2.66. The minimum Gasteiger partial charge on any atom is -0.435 e. The van der Waals surface area contributed by atoms with Gasteiger partial charge >= 0.3 is 6.16 Å². The van der Waals surface area contributed by atoms with Gasteiger partial charge in [0.25, 0.3) is 0 Å². The summed E-state index contributed by atoms with van der Waals surface area (Å²) in [5.41, 5.74) is 0. The summed E-state index contributed by atoms with van der Waals surface area (Å²) >= 11 is 0. The summed E-state index contributed by atoms with van der Waals surface area (Å²) in [7, 11) is 0. The second-order valence-corrected chi connectivity index (χ2v) is 4.63. The second-order valence-electron chi connectivity index (χ2n) is 4.63. The summed E-state index contributed by atoms with van der Waals surface area (Å²) in [6, 6.07) is 0. The lowest BCUT2D eigenvalue weighted by molar-refractivity contribution is -0.0151. The zero-order chi connectivity index (χ0) is 20.4. The van der Waals surface area contributed by atoms with Gasteiger partial charge in [-0.2, -0.15) is 0 Å². The molecule has 0 aromatic rings. The maximum atomic E-state index is 10.2. The van der Waals surface area contributed by atoms with E-state index in [1.54, 1.807) is 13.8 Å². The van der Waals surface area contributed by atoms with Crippen LogP contribution in [0, 0.1) is 0 Å². The molecule has 0 amide bonds. The largest absolute Gasteiger partial charge is 0.508 e. The second kappa shape index (κ2) is 27.2. The van der Waals surface area contributed by atoms with Gasteiger partial charge in [0, 0.05) is 0 Å². The van der Waals surface area contributed by atoms with Crippen molar-refractivity contribution >= 4 is 6.16 Å². The molecule has 164 valence electrons. The molecule has 0 aromatic heterocycles. The summed E-state index contributed by atoms with van der Waals surface area (Å²) in [6.45, 7) is 9.02. The smallest absolute Gasteiger partial charge is 0.435 e. The third kappa shape index (κ3) is 30.0. The van der Waals surface area contributed by atoms with Crippen molar-refractivity contribution in [3.63, 3.8) is 0 Å². The van der Waals surface area contributed by atoms with Crippen molar-refractivity contribution in [1.82, 2.24) is 0 Å². The third-order valence-electron chi connectivity index (χ3n) is 2.48. The monoisotopic (exact) mass is 400 g/mol. The first-order valence-electron chi connectivity index (χ1n) is 9.12. The van der Waals surface area contributed by atoms with E-state index in [9.17, 15) is 4.79 Å². The molecule has 0 aliphatic heterocycles. The van der Waals surface area contributed by atoms with E-state index < -0.39 is 6.16 Å². The Bertz CT molecular complexity index is 254. The SMILES string of the molecule is CCOC(=O)OCC.OCCOCCOCCOCCOCCOCCO. The molecule has 0 fully saturated rings. The van der Waals surface area contributed by atoms with Crippen molar-refractivity contribution in [3.8, 4) is 0 Å². The van der Waals surface area contributed by atoms with Gasteiger partial charge in [0.2, 0.25) is 0 Å². The van der Waals surface area contributed by atoms with Gasteiger partial charge in [-0.1, -0.05) is 0 Å². The van der Waals surface area contributed by atoms with Gasteiger partial charge in [-0.25, -0.2) is 4.79 Å². The number of hydrogen-bond acceptors (Lipinski definition) is 10. The topological polar surface area (TPSA) is 122 Å². The predicted octanol–water partition coefficient (Wildman–Crippen LogP) is 0.233. The quantitative estimate of drug-likeness (QED) is 0.244. The fourth-order valence-electron chi connectivity index (χ4n) is 1.39. The lowest BCUT2D eigenvalue weighted by Gasteiger charge is -2.07. The molecular formula is C17H36O10. The molecule has 0 saturated heterocycles. The van der Waals surface area contributed by atoms with Gasteiger partial charge in [0.1, 0.15) is 0 Å². The maximum Gasteiger partial charge on any atom is 0.508 e. The molecule has 2 N–H and O–H groups in total. The highest BCUT2D eigenvalue weighted by Gasteiger charge is 1.96. The molecule has 0 atom stereocenters. The molecule has 0 rings (SSSR count). The normalized spacial score (nSPS) is 10.2. The van der Waals surface area contributed by atoms with Crippen LogP contribution in [0.2, 0.25) is 0 Å². The molecule has 0 radical (unpaired) electrons. The summed E-state index contributed by atoms with van der Waals surface area (Å²) in [5.74, 6) is 0. The van der Waals surface area contributed by atoms with Crippen molar-refractivity contribution in [2.45, 2.75) is 13.8 Å². The van der Waals surface area contributed by atoms with Gasteiger partial charge in [0.15, 0.2) is 0 Å². The Morgan fingerprint density at radius 3 is 1.04 bits per heavy atom.